The minimum absolute atomic E-state index is 0.335. The second kappa shape index (κ2) is 8.33. The van der Waals surface area contributed by atoms with Gasteiger partial charge in [0.25, 0.3) is 11.8 Å². The quantitative estimate of drug-likeness (QED) is 0.692. The zero-order chi connectivity index (χ0) is 19.2. The summed E-state index contributed by atoms with van der Waals surface area (Å²) in [6, 6.07) is 16.7. The molecule has 0 aliphatic carbocycles. The highest BCUT2D eigenvalue weighted by atomic mass is 35.5. The van der Waals surface area contributed by atoms with Gasteiger partial charge in [-0.2, -0.15) is 0 Å². The first-order valence-electron chi connectivity index (χ1n) is 8.04. The first-order valence-corrected chi connectivity index (χ1v) is 8.42. The number of hydrogen-bond donors (Lipinski definition) is 2. The largest absolute Gasteiger partial charge is 0.481 e. The number of para-hydroxylation sites is 1. The van der Waals surface area contributed by atoms with E-state index in [2.05, 4.69) is 15.6 Å². The van der Waals surface area contributed by atoms with Gasteiger partial charge in [0.2, 0.25) is 5.88 Å². The van der Waals surface area contributed by atoms with Crippen molar-refractivity contribution >= 4 is 34.8 Å². The van der Waals surface area contributed by atoms with Crippen molar-refractivity contribution in [1.82, 2.24) is 4.98 Å². The first-order chi connectivity index (χ1) is 13.1. The van der Waals surface area contributed by atoms with Crippen molar-refractivity contribution in [3.63, 3.8) is 0 Å². The van der Waals surface area contributed by atoms with Gasteiger partial charge >= 0.3 is 0 Å². The van der Waals surface area contributed by atoms with Gasteiger partial charge in [-0.15, -0.1) is 0 Å². The minimum Gasteiger partial charge on any atom is -0.481 e. The number of rotatable bonds is 5. The fourth-order valence-corrected chi connectivity index (χ4v) is 2.48. The van der Waals surface area contributed by atoms with E-state index in [1.807, 2.05) is 0 Å². The molecule has 2 amide bonds. The number of benzene rings is 2. The third-order valence-electron chi connectivity index (χ3n) is 3.73. The number of ether oxygens (including phenoxy) is 1. The Bertz CT molecular complexity index is 957. The molecule has 3 aromatic rings. The summed E-state index contributed by atoms with van der Waals surface area (Å²) < 4.78 is 4.98. The highest BCUT2D eigenvalue weighted by molar-refractivity contribution is 6.30. The summed E-state index contributed by atoms with van der Waals surface area (Å²) in [6.07, 6.45) is 1.41. The van der Waals surface area contributed by atoms with E-state index in [-0.39, 0.29) is 11.8 Å². The van der Waals surface area contributed by atoms with E-state index in [0.29, 0.717) is 33.4 Å². The van der Waals surface area contributed by atoms with Crippen molar-refractivity contribution in [2.24, 2.45) is 0 Å². The highest BCUT2D eigenvalue weighted by Gasteiger charge is 2.14. The van der Waals surface area contributed by atoms with E-state index in [0.717, 1.165) is 0 Å². The molecule has 0 unspecified atom stereocenters. The van der Waals surface area contributed by atoms with E-state index in [9.17, 15) is 9.59 Å². The van der Waals surface area contributed by atoms with Crippen LogP contribution in [0, 0.1) is 0 Å². The predicted molar refractivity (Wildman–Crippen MR) is 105 cm³/mol. The van der Waals surface area contributed by atoms with Crippen LogP contribution in [-0.4, -0.2) is 23.9 Å². The van der Waals surface area contributed by atoms with Crippen molar-refractivity contribution < 1.29 is 14.3 Å². The Kier molecular flexibility index (Phi) is 5.68. The average molecular weight is 382 g/mol. The Morgan fingerprint density at radius 2 is 1.67 bits per heavy atom. The van der Waals surface area contributed by atoms with Crippen LogP contribution in [-0.2, 0) is 0 Å². The topological polar surface area (TPSA) is 80.3 Å². The number of nitrogens with one attached hydrogen (secondary N) is 2. The molecule has 0 aliphatic rings. The van der Waals surface area contributed by atoms with Gasteiger partial charge in [-0.25, -0.2) is 4.98 Å². The zero-order valence-corrected chi connectivity index (χ0v) is 15.2. The summed E-state index contributed by atoms with van der Waals surface area (Å²) in [5.41, 5.74) is 1.68. The van der Waals surface area contributed by atoms with Crippen molar-refractivity contribution in [2.45, 2.75) is 0 Å². The van der Waals surface area contributed by atoms with E-state index < -0.39 is 0 Å². The van der Waals surface area contributed by atoms with Gasteiger partial charge in [-0.3, -0.25) is 9.59 Å². The number of halogens is 1. The molecule has 0 bridgehead atoms. The summed E-state index contributed by atoms with van der Waals surface area (Å²) in [4.78, 5) is 29.1. The molecule has 27 heavy (non-hydrogen) atoms. The number of amides is 2. The summed E-state index contributed by atoms with van der Waals surface area (Å²) in [7, 11) is 1.50. The SMILES string of the molecule is COc1ccc(C(=O)Nc2ccccc2C(=O)Nc2ccc(Cl)cc2)cn1. The molecule has 1 aromatic heterocycles. The number of pyridine rings is 1. The van der Waals surface area contributed by atoms with Crippen LogP contribution in [0.5, 0.6) is 5.88 Å². The number of anilines is 2. The molecule has 0 fully saturated rings. The molecule has 3 rings (SSSR count). The molecule has 0 radical (unpaired) electrons. The van der Waals surface area contributed by atoms with Gasteiger partial charge in [-0.05, 0) is 42.5 Å². The summed E-state index contributed by atoms with van der Waals surface area (Å²) >= 11 is 5.85. The maximum absolute atomic E-state index is 12.6. The maximum Gasteiger partial charge on any atom is 0.257 e. The van der Waals surface area contributed by atoms with Crippen LogP contribution in [0.3, 0.4) is 0 Å². The smallest absolute Gasteiger partial charge is 0.257 e. The molecule has 0 saturated heterocycles. The van der Waals surface area contributed by atoms with Crippen LogP contribution in [0.15, 0.2) is 66.9 Å². The molecular weight excluding hydrogens is 366 g/mol. The van der Waals surface area contributed by atoms with Crippen LogP contribution >= 0.6 is 11.6 Å². The monoisotopic (exact) mass is 381 g/mol. The molecule has 2 aromatic carbocycles. The Balaban J connectivity index is 1.77. The summed E-state index contributed by atoms with van der Waals surface area (Å²) in [5.74, 6) is -0.313. The number of aromatic nitrogens is 1. The van der Waals surface area contributed by atoms with Crippen molar-refractivity contribution in [3.05, 3.63) is 83.0 Å². The fraction of sp³-hybridized carbons (Fsp3) is 0.0500. The van der Waals surface area contributed by atoms with E-state index >= 15 is 0 Å². The molecule has 136 valence electrons. The van der Waals surface area contributed by atoms with Gasteiger partial charge in [0.05, 0.1) is 23.9 Å². The molecule has 0 spiro atoms. The Hall–Kier alpha value is -3.38. The number of carbonyl (C=O) groups is 2. The Labute approximate surface area is 161 Å². The standard InChI is InChI=1S/C20H16ClN3O3/c1-27-18-11-6-13(12-22-18)19(25)24-17-5-3-2-4-16(17)20(26)23-15-9-7-14(21)8-10-15/h2-12H,1H3,(H,23,26)(H,24,25). The van der Waals surface area contributed by atoms with Gasteiger partial charge < -0.3 is 15.4 Å². The second-order valence-electron chi connectivity index (χ2n) is 5.55. The molecule has 6 nitrogen and oxygen atoms in total. The van der Waals surface area contributed by atoms with Gasteiger partial charge in [0.15, 0.2) is 0 Å². The second-order valence-corrected chi connectivity index (χ2v) is 5.99. The third-order valence-corrected chi connectivity index (χ3v) is 3.98. The van der Waals surface area contributed by atoms with Crippen LogP contribution in [0.1, 0.15) is 20.7 Å². The Morgan fingerprint density at radius 3 is 2.33 bits per heavy atom. The van der Waals surface area contributed by atoms with Gasteiger partial charge in [0, 0.05) is 23.0 Å². The number of hydrogen-bond acceptors (Lipinski definition) is 4. The Morgan fingerprint density at radius 1 is 0.926 bits per heavy atom. The lowest BCUT2D eigenvalue weighted by molar-refractivity contribution is 0.102. The van der Waals surface area contributed by atoms with Gasteiger partial charge in [-0.1, -0.05) is 23.7 Å². The molecule has 0 saturated carbocycles. The molecule has 2 N–H and O–H groups in total. The highest BCUT2D eigenvalue weighted by Crippen LogP contribution is 2.20. The van der Waals surface area contributed by atoms with Gasteiger partial charge in [0.1, 0.15) is 0 Å². The fourth-order valence-electron chi connectivity index (χ4n) is 2.35. The molecule has 1 heterocycles. The summed E-state index contributed by atoms with van der Waals surface area (Å²) in [6.45, 7) is 0. The third kappa shape index (κ3) is 4.62. The molecule has 7 heteroatoms. The average Bonchev–Trinajstić information content (AvgIpc) is 2.70. The van der Waals surface area contributed by atoms with Crippen LogP contribution < -0.4 is 15.4 Å². The van der Waals surface area contributed by atoms with Crippen LogP contribution in [0.25, 0.3) is 0 Å². The lowest BCUT2D eigenvalue weighted by atomic mass is 10.1. The molecule has 0 atom stereocenters. The zero-order valence-electron chi connectivity index (χ0n) is 14.4. The van der Waals surface area contributed by atoms with E-state index in [1.54, 1.807) is 60.7 Å². The van der Waals surface area contributed by atoms with Crippen LogP contribution in [0.2, 0.25) is 5.02 Å². The maximum atomic E-state index is 12.6. The van der Waals surface area contributed by atoms with Crippen molar-refractivity contribution in [1.29, 1.82) is 0 Å². The molecular formula is C20H16ClN3O3. The lowest BCUT2D eigenvalue weighted by Gasteiger charge is -2.11. The summed E-state index contributed by atoms with van der Waals surface area (Å²) in [5, 5.41) is 6.09. The van der Waals surface area contributed by atoms with E-state index in [4.69, 9.17) is 16.3 Å². The van der Waals surface area contributed by atoms with Crippen molar-refractivity contribution in [3.8, 4) is 5.88 Å². The number of nitrogens with zero attached hydrogens (tertiary/aromatic N) is 1. The lowest BCUT2D eigenvalue weighted by Crippen LogP contribution is -2.18. The van der Waals surface area contributed by atoms with Crippen molar-refractivity contribution in [2.75, 3.05) is 17.7 Å². The first kappa shape index (κ1) is 18.4. The minimum atomic E-state index is -0.378. The molecule has 0 aliphatic heterocycles. The number of methoxy groups -OCH3 is 1. The number of carbonyl (C=O) groups excluding carboxylic acids is 2. The predicted octanol–water partition coefficient (Wildman–Crippen LogP) is 4.25. The normalized spacial score (nSPS) is 10.1. The van der Waals surface area contributed by atoms with Crippen LogP contribution in [0.4, 0.5) is 11.4 Å². The van der Waals surface area contributed by atoms with E-state index in [1.165, 1.54) is 13.3 Å².